The van der Waals surface area contributed by atoms with Crippen LogP contribution in [0, 0.1) is 11.8 Å². The molecule has 0 aliphatic heterocycles. The number of hydrogen-bond donors (Lipinski definition) is 2. The zero-order chi connectivity index (χ0) is 25.2. The lowest BCUT2D eigenvalue weighted by Crippen LogP contribution is -2.24. The third-order valence-electron chi connectivity index (χ3n) is 6.08. The molecule has 0 unspecified atom stereocenters. The molecule has 186 valence electrons. The summed E-state index contributed by atoms with van der Waals surface area (Å²) in [5.41, 5.74) is 2.53. The number of rotatable bonds is 9. The lowest BCUT2D eigenvalue weighted by atomic mass is 9.95. The van der Waals surface area contributed by atoms with E-state index in [1.54, 1.807) is 12.3 Å². The molecule has 0 saturated heterocycles. The minimum atomic E-state index is -4.07. The summed E-state index contributed by atoms with van der Waals surface area (Å²) >= 11 is 9.49. The Balaban J connectivity index is 1.44. The predicted octanol–water partition coefficient (Wildman–Crippen LogP) is 3.12. The van der Waals surface area contributed by atoms with Crippen LogP contribution in [0.25, 0.3) is 0 Å². The van der Waals surface area contributed by atoms with Crippen LogP contribution < -0.4 is 5.14 Å². The molecule has 2 aromatic heterocycles. The molecule has 4 rings (SSSR count). The Hall–Kier alpha value is -2.15. The van der Waals surface area contributed by atoms with Gasteiger partial charge < -0.3 is 9.67 Å². The van der Waals surface area contributed by atoms with Gasteiger partial charge in [0.2, 0.25) is 0 Å². The van der Waals surface area contributed by atoms with Gasteiger partial charge in [0.05, 0.1) is 29.0 Å². The van der Waals surface area contributed by atoms with Gasteiger partial charge in [0.25, 0.3) is 0 Å². The van der Waals surface area contributed by atoms with E-state index in [1.807, 2.05) is 29.0 Å². The van der Waals surface area contributed by atoms with Crippen molar-refractivity contribution in [1.29, 1.82) is 0 Å². The summed E-state index contributed by atoms with van der Waals surface area (Å²) in [5, 5.41) is 15.8. The van der Waals surface area contributed by atoms with Crippen LogP contribution in [0.3, 0.4) is 0 Å². The van der Waals surface area contributed by atoms with Gasteiger partial charge in [-0.2, -0.15) is 8.42 Å². The molecule has 3 aromatic rings. The third-order valence-corrected chi connectivity index (χ3v) is 7.76. The maximum absolute atomic E-state index is 13.3. The van der Waals surface area contributed by atoms with Gasteiger partial charge in [-0.1, -0.05) is 17.7 Å². The molecular weight excluding hydrogens is 560 g/mol. The summed E-state index contributed by atoms with van der Waals surface area (Å²) in [6.45, 7) is 0.396. The zero-order valence-electron chi connectivity index (χ0n) is 18.5. The number of benzene rings is 1. The number of aliphatic hydroxyl groups is 1. The summed E-state index contributed by atoms with van der Waals surface area (Å²) < 4.78 is 29.5. The first-order valence-corrected chi connectivity index (χ1v) is 13.5. The highest BCUT2D eigenvalue weighted by atomic mass is 79.9. The van der Waals surface area contributed by atoms with Crippen LogP contribution in [0.2, 0.25) is 5.02 Å². The third kappa shape index (κ3) is 6.75. The molecule has 1 saturated carbocycles. The number of aliphatic hydroxyl groups excluding tert-OH is 1. The molecule has 1 aliphatic carbocycles. The van der Waals surface area contributed by atoms with E-state index in [0.29, 0.717) is 47.7 Å². The number of halogens is 2. The lowest BCUT2D eigenvalue weighted by molar-refractivity contribution is 0.100. The second kappa shape index (κ2) is 10.9. The molecule has 1 fully saturated rings. The monoisotopic (exact) mass is 582 g/mol. The Morgan fingerprint density at radius 3 is 2.86 bits per heavy atom. The first kappa shape index (κ1) is 25.9. The van der Waals surface area contributed by atoms with Gasteiger partial charge >= 0.3 is 10.3 Å². The van der Waals surface area contributed by atoms with E-state index in [4.69, 9.17) is 16.7 Å². The number of nitrogens with zero attached hydrogens (tertiary/aromatic N) is 3. The van der Waals surface area contributed by atoms with Crippen LogP contribution in [-0.2, 0) is 27.5 Å². The molecule has 9 nitrogen and oxygen atoms in total. The van der Waals surface area contributed by atoms with E-state index in [9.17, 15) is 18.3 Å². The van der Waals surface area contributed by atoms with Gasteiger partial charge in [-0.05, 0) is 64.9 Å². The van der Waals surface area contributed by atoms with E-state index in [1.165, 1.54) is 12.5 Å². The Bertz CT molecular complexity index is 1330. The molecular formula is C23H24BrClN4O5S. The van der Waals surface area contributed by atoms with Gasteiger partial charge in [-0.25, -0.2) is 15.1 Å². The number of nitrogens with two attached hydrogens (primary N) is 1. The maximum Gasteiger partial charge on any atom is 0.333 e. The SMILES string of the molecule is NS(=O)(=O)OC[C@H]1C[C@@H](Cc2ncncc2C(=O)c2ccn(Cc3ccc(Cl)c(Br)c3)c2)C[C@@H]1O. The Morgan fingerprint density at radius 2 is 2.11 bits per heavy atom. The molecule has 1 aromatic carbocycles. The number of aromatic nitrogens is 3. The van der Waals surface area contributed by atoms with Gasteiger partial charge in [0.15, 0.2) is 5.78 Å². The quantitative estimate of drug-likeness (QED) is 0.369. The van der Waals surface area contributed by atoms with Crippen LogP contribution in [0.15, 0.2) is 53.7 Å². The van der Waals surface area contributed by atoms with Crippen molar-refractivity contribution in [2.75, 3.05) is 6.61 Å². The van der Waals surface area contributed by atoms with E-state index in [2.05, 4.69) is 30.1 Å². The molecule has 0 radical (unpaired) electrons. The van der Waals surface area contributed by atoms with E-state index < -0.39 is 16.4 Å². The molecule has 3 atom stereocenters. The highest BCUT2D eigenvalue weighted by molar-refractivity contribution is 9.10. The molecule has 1 aliphatic rings. The average molecular weight is 584 g/mol. The van der Waals surface area contributed by atoms with Crippen LogP contribution in [-0.4, -0.2) is 46.6 Å². The molecule has 3 N–H and O–H groups in total. The Labute approximate surface area is 216 Å². The van der Waals surface area contributed by atoms with E-state index in [-0.39, 0.29) is 24.2 Å². The molecule has 2 heterocycles. The van der Waals surface area contributed by atoms with Gasteiger partial charge in [0.1, 0.15) is 6.33 Å². The fraction of sp³-hybridized carbons (Fsp3) is 0.348. The van der Waals surface area contributed by atoms with Crippen LogP contribution in [0.4, 0.5) is 0 Å². The number of carbonyl (C=O) groups excluding carboxylic acids is 1. The Morgan fingerprint density at radius 1 is 1.31 bits per heavy atom. The number of carbonyl (C=O) groups is 1. The summed E-state index contributed by atoms with van der Waals surface area (Å²) in [6, 6.07) is 7.43. The molecule has 12 heteroatoms. The largest absolute Gasteiger partial charge is 0.393 e. The van der Waals surface area contributed by atoms with E-state index >= 15 is 0 Å². The fourth-order valence-corrected chi connectivity index (χ4v) is 5.31. The normalized spacial score (nSPS) is 20.3. The number of ketones is 1. The van der Waals surface area contributed by atoms with Crippen LogP contribution in [0.1, 0.15) is 40.0 Å². The second-order valence-electron chi connectivity index (χ2n) is 8.68. The highest BCUT2D eigenvalue weighted by Gasteiger charge is 2.34. The average Bonchev–Trinajstić information content (AvgIpc) is 3.40. The van der Waals surface area contributed by atoms with Crippen molar-refractivity contribution in [3.63, 3.8) is 0 Å². The van der Waals surface area contributed by atoms with Crippen molar-refractivity contribution in [2.24, 2.45) is 17.0 Å². The first-order valence-electron chi connectivity index (χ1n) is 10.9. The highest BCUT2D eigenvalue weighted by Crippen LogP contribution is 2.34. The summed E-state index contributed by atoms with van der Waals surface area (Å²) in [7, 11) is -4.07. The summed E-state index contributed by atoms with van der Waals surface area (Å²) in [4.78, 5) is 21.6. The Kier molecular flexibility index (Phi) is 8.04. The number of hydrogen-bond acceptors (Lipinski definition) is 7. The lowest BCUT2D eigenvalue weighted by Gasteiger charge is -2.13. The summed E-state index contributed by atoms with van der Waals surface area (Å²) in [6.07, 6.45) is 7.22. The van der Waals surface area contributed by atoms with Gasteiger partial charge in [0, 0.05) is 41.1 Å². The van der Waals surface area contributed by atoms with Crippen molar-refractivity contribution < 1.29 is 22.5 Å². The van der Waals surface area contributed by atoms with Crippen LogP contribution >= 0.6 is 27.5 Å². The smallest absolute Gasteiger partial charge is 0.333 e. The second-order valence-corrected chi connectivity index (χ2v) is 11.2. The van der Waals surface area contributed by atoms with Gasteiger partial charge in [-0.3, -0.25) is 8.98 Å². The van der Waals surface area contributed by atoms with Gasteiger partial charge in [-0.15, -0.1) is 0 Å². The van der Waals surface area contributed by atoms with Crippen molar-refractivity contribution in [1.82, 2.24) is 14.5 Å². The molecule has 0 bridgehead atoms. The fourth-order valence-electron chi connectivity index (χ4n) is 4.40. The van der Waals surface area contributed by atoms with Crippen LogP contribution in [0.5, 0.6) is 0 Å². The minimum Gasteiger partial charge on any atom is -0.393 e. The molecule has 0 amide bonds. The van der Waals surface area contributed by atoms with E-state index in [0.717, 1.165) is 10.0 Å². The van der Waals surface area contributed by atoms with Crippen molar-refractivity contribution in [3.8, 4) is 0 Å². The maximum atomic E-state index is 13.3. The summed E-state index contributed by atoms with van der Waals surface area (Å²) in [5.74, 6) is -0.543. The molecule has 35 heavy (non-hydrogen) atoms. The van der Waals surface area contributed by atoms with Crippen molar-refractivity contribution in [2.45, 2.75) is 31.9 Å². The molecule has 0 spiro atoms. The predicted molar refractivity (Wildman–Crippen MR) is 133 cm³/mol. The standard InChI is InChI=1S/C23H24BrClN4O5S/c24-19-6-14(1-2-20(19)25)10-29-4-3-16(11-29)23(31)18-9-27-13-28-21(18)7-15-5-17(22(30)8-15)12-34-35(26,32)33/h1-4,6,9,11,13,15,17,22,30H,5,7-8,10,12H2,(H2,26,32,33)/t15-,17+,22-/m0/s1. The minimum absolute atomic E-state index is 0.00785. The zero-order valence-corrected chi connectivity index (χ0v) is 21.7. The topological polar surface area (TPSA) is 137 Å². The van der Waals surface area contributed by atoms with Crippen molar-refractivity contribution in [3.05, 3.63) is 81.1 Å². The first-order chi connectivity index (χ1) is 16.6. The van der Waals surface area contributed by atoms with Crippen molar-refractivity contribution >= 4 is 43.6 Å².